The monoisotopic (exact) mass is 295 g/mol. The van der Waals surface area contributed by atoms with Crippen LogP contribution >= 0.6 is 0 Å². The summed E-state index contributed by atoms with van der Waals surface area (Å²) < 4.78 is 0. The van der Waals surface area contributed by atoms with Crippen LogP contribution in [0.4, 0.5) is 0 Å². The van der Waals surface area contributed by atoms with Gasteiger partial charge < -0.3 is 5.11 Å². The molecule has 0 heterocycles. The number of hydrogen-bond donors (Lipinski definition) is 1. The molecule has 0 aliphatic rings. The first-order chi connectivity index (χ1) is 10.3. The molecule has 1 heteroatoms. The number of unbranched alkanes of at least 4 members (excludes halogenated alkanes) is 12. The Morgan fingerprint density at radius 3 is 1.62 bits per heavy atom. The van der Waals surface area contributed by atoms with Crippen LogP contribution in [0.25, 0.3) is 0 Å². The molecule has 0 saturated carbocycles. The van der Waals surface area contributed by atoms with Gasteiger partial charge in [-0.25, -0.2) is 0 Å². The Kier molecular flexibility index (Phi) is 17.5. The summed E-state index contributed by atoms with van der Waals surface area (Å²) >= 11 is 0. The van der Waals surface area contributed by atoms with Gasteiger partial charge in [0.05, 0.1) is 6.10 Å². The molecule has 0 aliphatic heterocycles. The van der Waals surface area contributed by atoms with Crippen molar-refractivity contribution in [3.63, 3.8) is 0 Å². The van der Waals surface area contributed by atoms with Gasteiger partial charge in [0.15, 0.2) is 0 Å². The largest absolute Gasteiger partial charge is 0.393 e. The first-order valence-corrected chi connectivity index (χ1v) is 9.43. The maximum atomic E-state index is 9.05. The van der Waals surface area contributed by atoms with Crippen LogP contribution in [0.15, 0.2) is 12.2 Å². The average Bonchev–Trinajstić information content (AvgIpc) is 2.46. The van der Waals surface area contributed by atoms with Crippen molar-refractivity contribution in [1.29, 1.82) is 0 Å². The molecule has 1 nitrogen and oxygen atoms in total. The van der Waals surface area contributed by atoms with Gasteiger partial charge in [-0.1, -0.05) is 83.3 Å². The highest BCUT2D eigenvalue weighted by Crippen LogP contribution is 2.11. The molecule has 1 unspecified atom stereocenters. The van der Waals surface area contributed by atoms with Crippen molar-refractivity contribution < 1.29 is 5.11 Å². The molecule has 1 atom stereocenters. The van der Waals surface area contributed by atoms with Crippen molar-refractivity contribution in [2.24, 2.45) is 0 Å². The quantitative estimate of drug-likeness (QED) is 0.251. The topological polar surface area (TPSA) is 20.2 Å². The van der Waals surface area contributed by atoms with Crippen molar-refractivity contribution in [2.75, 3.05) is 0 Å². The molecule has 0 aromatic heterocycles. The Labute approximate surface area is 134 Å². The summed E-state index contributed by atoms with van der Waals surface area (Å²) in [6.07, 6.45) is 23.9. The maximum Gasteiger partial charge on any atom is 0.0541 e. The minimum atomic E-state index is -0.364. The maximum absolute atomic E-state index is 9.05. The SMILES string of the molecule is [CH2]C(O)CCCCCC/C=C\CCCCCCCCCC. The second-order valence-corrected chi connectivity index (χ2v) is 6.38. The third-order valence-corrected chi connectivity index (χ3v) is 4.05. The molecule has 0 fully saturated rings. The number of hydrogen-bond acceptors (Lipinski definition) is 1. The Balaban J connectivity index is 3.05. The Morgan fingerprint density at radius 2 is 1.14 bits per heavy atom. The number of allylic oxidation sites excluding steroid dienone is 2. The van der Waals surface area contributed by atoms with Crippen LogP contribution < -0.4 is 0 Å². The fourth-order valence-electron chi connectivity index (χ4n) is 2.63. The van der Waals surface area contributed by atoms with E-state index < -0.39 is 0 Å². The molecule has 21 heavy (non-hydrogen) atoms. The average molecular weight is 296 g/mol. The summed E-state index contributed by atoms with van der Waals surface area (Å²) in [4.78, 5) is 0. The zero-order valence-electron chi connectivity index (χ0n) is 14.5. The van der Waals surface area contributed by atoms with Crippen molar-refractivity contribution in [1.82, 2.24) is 0 Å². The van der Waals surface area contributed by atoms with E-state index in [1.807, 2.05) is 0 Å². The van der Waals surface area contributed by atoms with Crippen LogP contribution in [0.1, 0.15) is 103 Å². The molecule has 0 aromatic rings. The molecule has 0 bridgehead atoms. The van der Waals surface area contributed by atoms with E-state index in [9.17, 15) is 0 Å². The predicted octanol–water partition coefficient (Wildman–Crippen LogP) is 6.61. The molecule has 1 radical (unpaired) electrons. The highest BCUT2D eigenvalue weighted by molar-refractivity contribution is 4.81. The summed E-state index contributed by atoms with van der Waals surface area (Å²) in [5.74, 6) is 0. The molecule has 0 saturated heterocycles. The van der Waals surface area contributed by atoms with E-state index in [4.69, 9.17) is 5.11 Å². The van der Waals surface area contributed by atoms with E-state index in [1.165, 1.54) is 83.5 Å². The lowest BCUT2D eigenvalue weighted by atomic mass is 10.1. The molecule has 0 spiro atoms. The lowest BCUT2D eigenvalue weighted by Crippen LogP contribution is -1.98. The van der Waals surface area contributed by atoms with Gasteiger partial charge >= 0.3 is 0 Å². The lowest BCUT2D eigenvalue weighted by molar-refractivity contribution is 0.205. The van der Waals surface area contributed by atoms with Crippen LogP contribution in [-0.4, -0.2) is 11.2 Å². The molecular formula is C20H39O. The van der Waals surface area contributed by atoms with E-state index in [1.54, 1.807) is 0 Å². The molecule has 0 rings (SSSR count). The van der Waals surface area contributed by atoms with E-state index in [0.29, 0.717) is 0 Å². The normalized spacial score (nSPS) is 13.1. The molecule has 0 aliphatic carbocycles. The molecule has 125 valence electrons. The minimum absolute atomic E-state index is 0.364. The van der Waals surface area contributed by atoms with Crippen LogP contribution in [0, 0.1) is 6.92 Å². The summed E-state index contributed by atoms with van der Waals surface area (Å²) in [6, 6.07) is 0. The first kappa shape index (κ1) is 20.7. The first-order valence-electron chi connectivity index (χ1n) is 9.43. The van der Waals surface area contributed by atoms with Gasteiger partial charge in [0.25, 0.3) is 0 Å². The fraction of sp³-hybridized carbons (Fsp3) is 0.850. The number of aliphatic hydroxyl groups excluding tert-OH is 1. The third kappa shape index (κ3) is 19.7. The van der Waals surface area contributed by atoms with Gasteiger partial charge in [-0.15, -0.1) is 0 Å². The van der Waals surface area contributed by atoms with Gasteiger partial charge in [-0.3, -0.25) is 0 Å². The van der Waals surface area contributed by atoms with Crippen LogP contribution in [0.3, 0.4) is 0 Å². The summed E-state index contributed by atoms with van der Waals surface area (Å²) in [7, 11) is 0. The van der Waals surface area contributed by atoms with E-state index in [2.05, 4.69) is 26.0 Å². The van der Waals surface area contributed by atoms with Crippen LogP contribution in [0.5, 0.6) is 0 Å². The summed E-state index contributed by atoms with van der Waals surface area (Å²) in [5.41, 5.74) is 0. The number of aliphatic hydroxyl groups is 1. The van der Waals surface area contributed by atoms with Crippen molar-refractivity contribution in [3.05, 3.63) is 19.1 Å². The van der Waals surface area contributed by atoms with E-state index >= 15 is 0 Å². The molecule has 0 amide bonds. The summed E-state index contributed by atoms with van der Waals surface area (Å²) in [5, 5.41) is 9.05. The second-order valence-electron chi connectivity index (χ2n) is 6.38. The zero-order valence-corrected chi connectivity index (χ0v) is 14.5. The highest BCUT2D eigenvalue weighted by Gasteiger charge is 1.95. The lowest BCUT2D eigenvalue weighted by Gasteiger charge is -2.02. The van der Waals surface area contributed by atoms with Crippen molar-refractivity contribution in [3.8, 4) is 0 Å². The second kappa shape index (κ2) is 17.8. The van der Waals surface area contributed by atoms with Crippen molar-refractivity contribution in [2.45, 2.75) is 109 Å². The van der Waals surface area contributed by atoms with Gasteiger partial charge in [-0.05, 0) is 39.0 Å². The highest BCUT2D eigenvalue weighted by atomic mass is 16.3. The Morgan fingerprint density at radius 1 is 0.714 bits per heavy atom. The smallest absolute Gasteiger partial charge is 0.0541 e. The Hall–Kier alpha value is -0.300. The van der Waals surface area contributed by atoms with Gasteiger partial charge in [-0.2, -0.15) is 0 Å². The third-order valence-electron chi connectivity index (χ3n) is 4.05. The molecule has 0 aromatic carbocycles. The van der Waals surface area contributed by atoms with Gasteiger partial charge in [0.2, 0.25) is 0 Å². The standard InChI is InChI=1S/C20H39O/c1-3-4-5-6-7-8-9-10-11-12-13-14-15-16-17-18-19-20(2)21/h12-13,20-21H,2-11,14-19H2,1H3/b13-12-. The van der Waals surface area contributed by atoms with E-state index in [-0.39, 0.29) is 6.10 Å². The van der Waals surface area contributed by atoms with E-state index in [0.717, 1.165) is 12.8 Å². The van der Waals surface area contributed by atoms with Gasteiger partial charge in [0, 0.05) is 0 Å². The fourth-order valence-corrected chi connectivity index (χ4v) is 2.63. The van der Waals surface area contributed by atoms with Gasteiger partial charge in [0.1, 0.15) is 0 Å². The molecular weight excluding hydrogens is 256 g/mol. The van der Waals surface area contributed by atoms with Crippen LogP contribution in [0.2, 0.25) is 0 Å². The zero-order chi connectivity index (χ0) is 15.6. The number of rotatable bonds is 16. The minimum Gasteiger partial charge on any atom is -0.393 e. The predicted molar refractivity (Wildman–Crippen MR) is 95.4 cm³/mol. The molecule has 1 N–H and O–H groups in total. The Bertz CT molecular complexity index is 208. The summed E-state index contributed by atoms with van der Waals surface area (Å²) in [6.45, 7) is 5.87. The van der Waals surface area contributed by atoms with Crippen LogP contribution in [-0.2, 0) is 0 Å². The van der Waals surface area contributed by atoms with Crippen molar-refractivity contribution >= 4 is 0 Å².